The van der Waals surface area contributed by atoms with Crippen LogP contribution in [0.25, 0.3) is 11.4 Å². The highest BCUT2D eigenvalue weighted by Gasteiger charge is 2.31. The van der Waals surface area contributed by atoms with Crippen LogP contribution in [0, 0.1) is 0 Å². The number of halogens is 3. The summed E-state index contributed by atoms with van der Waals surface area (Å²) in [7, 11) is 1.62. The van der Waals surface area contributed by atoms with E-state index < -0.39 is 11.7 Å². The number of tetrazole rings is 1. The van der Waals surface area contributed by atoms with Crippen LogP contribution in [0.5, 0.6) is 5.75 Å². The zero-order valence-electron chi connectivity index (χ0n) is 17.3. The molecule has 1 aliphatic rings. The summed E-state index contributed by atoms with van der Waals surface area (Å²) < 4.78 is 43.9. The minimum absolute atomic E-state index is 0.0354. The third-order valence-electron chi connectivity index (χ3n) is 5.25. The van der Waals surface area contributed by atoms with Crippen LogP contribution in [0.3, 0.4) is 0 Å². The van der Waals surface area contributed by atoms with E-state index in [4.69, 9.17) is 4.74 Å². The second kappa shape index (κ2) is 8.85. The first-order chi connectivity index (χ1) is 15.3. The van der Waals surface area contributed by atoms with Crippen LogP contribution in [-0.2, 0) is 17.5 Å². The largest absolute Gasteiger partial charge is 0.497 e. The Hall–Kier alpha value is -3.63. The molecule has 1 aromatic heterocycles. The van der Waals surface area contributed by atoms with E-state index in [1.807, 2.05) is 24.3 Å². The van der Waals surface area contributed by atoms with Gasteiger partial charge in [0, 0.05) is 37.4 Å². The molecule has 8 nitrogen and oxygen atoms in total. The van der Waals surface area contributed by atoms with Crippen molar-refractivity contribution in [2.24, 2.45) is 0 Å². The molecule has 0 spiro atoms. The molecule has 0 saturated carbocycles. The van der Waals surface area contributed by atoms with E-state index in [1.165, 1.54) is 12.1 Å². The summed E-state index contributed by atoms with van der Waals surface area (Å²) in [6.07, 6.45) is -4.46. The molecule has 2 aromatic carbocycles. The first-order valence-corrected chi connectivity index (χ1v) is 9.96. The summed E-state index contributed by atoms with van der Waals surface area (Å²) in [4.78, 5) is 17.6. The van der Waals surface area contributed by atoms with Crippen molar-refractivity contribution in [2.45, 2.75) is 12.7 Å². The van der Waals surface area contributed by atoms with Gasteiger partial charge in [-0.2, -0.15) is 18.0 Å². The van der Waals surface area contributed by atoms with Crippen molar-refractivity contribution in [2.75, 3.05) is 38.2 Å². The third-order valence-corrected chi connectivity index (χ3v) is 5.25. The number of carbonyl (C=O) groups is 1. The maximum Gasteiger partial charge on any atom is 0.416 e. The molecule has 0 aliphatic carbocycles. The van der Waals surface area contributed by atoms with E-state index >= 15 is 0 Å². The Morgan fingerprint density at radius 2 is 1.78 bits per heavy atom. The molecule has 3 aromatic rings. The number of hydrogen-bond acceptors (Lipinski definition) is 6. The van der Waals surface area contributed by atoms with Crippen molar-refractivity contribution in [3.63, 3.8) is 0 Å². The standard InChI is InChI=1S/C21H21F3N6O2/c1-32-18-7-5-17(6-8-18)28-9-11-29(12-10-28)19(31)14-30-26-20(25-27-30)15-3-2-4-16(13-15)21(22,23)24/h2-8,13H,9-12,14H2,1H3. The molecule has 2 heterocycles. The number of rotatable bonds is 5. The van der Waals surface area contributed by atoms with Crippen molar-refractivity contribution in [1.82, 2.24) is 25.1 Å². The van der Waals surface area contributed by atoms with Gasteiger partial charge in [0.2, 0.25) is 11.7 Å². The molecule has 11 heteroatoms. The second-order valence-electron chi connectivity index (χ2n) is 7.29. The van der Waals surface area contributed by atoms with Crippen LogP contribution in [0.1, 0.15) is 5.56 Å². The lowest BCUT2D eigenvalue weighted by atomic mass is 10.1. The number of piperazine rings is 1. The van der Waals surface area contributed by atoms with Crippen molar-refractivity contribution < 1.29 is 22.7 Å². The molecule has 32 heavy (non-hydrogen) atoms. The molecule has 0 unspecified atom stereocenters. The van der Waals surface area contributed by atoms with Crippen molar-refractivity contribution in [1.29, 1.82) is 0 Å². The Bertz CT molecular complexity index is 1080. The molecule has 0 radical (unpaired) electrons. The zero-order valence-corrected chi connectivity index (χ0v) is 17.3. The van der Waals surface area contributed by atoms with Gasteiger partial charge in [-0.05, 0) is 41.6 Å². The van der Waals surface area contributed by atoms with Gasteiger partial charge in [0.25, 0.3) is 0 Å². The maximum absolute atomic E-state index is 12.9. The molecule has 1 saturated heterocycles. The molecule has 0 N–H and O–H groups in total. The summed E-state index contributed by atoms with van der Waals surface area (Å²) in [5.41, 5.74) is 0.449. The number of amides is 1. The number of nitrogens with zero attached hydrogens (tertiary/aromatic N) is 6. The van der Waals surface area contributed by atoms with Gasteiger partial charge in [0.1, 0.15) is 12.3 Å². The lowest BCUT2D eigenvalue weighted by Crippen LogP contribution is -2.49. The van der Waals surface area contributed by atoms with Gasteiger partial charge >= 0.3 is 6.18 Å². The molecule has 0 bridgehead atoms. The number of carbonyl (C=O) groups excluding carboxylic acids is 1. The lowest BCUT2D eigenvalue weighted by molar-refractivity contribution is -0.137. The topological polar surface area (TPSA) is 76.4 Å². The molecule has 4 rings (SSSR count). The van der Waals surface area contributed by atoms with Gasteiger partial charge in [-0.15, -0.1) is 10.2 Å². The molecular weight excluding hydrogens is 425 g/mol. The number of benzene rings is 2. The first-order valence-electron chi connectivity index (χ1n) is 9.96. The quantitative estimate of drug-likeness (QED) is 0.600. The number of hydrogen-bond donors (Lipinski definition) is 0. The number of alkyl halides is 3. The highest BCUT2D eigenvalue weighted by atomic mass is 19.4. The summed E-state index contributed by atoms with van der Waals surface area (Å²) in [6.45, 7) is 2.31. The van der Waals surface area contributed by atoms with Crippen LogP contribution in [0.15, 0.2) is 48.5 Å². The van der Waals surface area contributed by atoms with E-state index in [9.17, 15) is 18.0 Å². The fraction of sp³-hybridized carbons (Fsp3) is 0.333. The predicted molar refractivity (Wildman–Crippen MR) is 110 cm³/mol. The fourth-order valence-electron chi connectivity index (χ4n) is 3.49. The first kappa shape index (κ1) is 21.6. The molecule has 1 fully saturated rings. The normalized spacial score (nSPS) is 14.5. The molecule has 1 aliphatic heterocycles. The summed E-state index contributed by atoms with van der Waals surface area (Å²) in [6, 6.07) is 12.4. The number of aromatic nitrogens is 4. The maximum atomic E-state index is 12.9. The van der Waals surface area contributed by atoms with Crippen LogP contribution in [0.4, 0.5) is 18.9 Å². The lowest BCUT2D eigenvalue weighted by Gasteiger charge is -2.36. The predicted octanol–water partition coefficient (Wildman–Crippen LogP) is 2.72. The smallest absolute Gasteiger partial charge is 0.416 e. The van der Waals surface area contributed by atoms with Crippen LogP contribution in [-0.4, -0.2) is 64.3 Å². The van der Waals surface area contributed by atoms with E-state index in [1.54, 1.807) is 12.0 Å². The van der Waals surface area contributed by atoms with E-state index in [-0.39, 0.29) is 23.8 Å². The van der Waals surface area contributed by atoms with Crippen molar-refractivity contribution >= 4 is 11.6 Å². The summed E-state index contributed by atoms with van der Waals surface area (Å²) in [5, 5.41) is 11.7. The minimum Gasteiger partial charge on any atom is -0.497 e. The van der Waals surface area contributed by atoms with E-state index in [2.05, 4.69) is 20.3 Å². The number of anilines is 1. The minimum atomic E-state index is -4.46. The van der Waals surface area contributed by atoms with Crippen LogP contribution >= 0.6 is 0 Å². The Kier molecular flexibility index (Phi) is 5.97. The van der Waals surface area contributed by atoms with Crippen molar-refractivity contribution in [3.05, 3.63) is 54.1 Å². The highest BCUT2D eigenvalue weighted by molar-refractivity contribution is 5.76. The SMILES string of the molecule is COc1ccc(N2CCN(C(=O)Cn3nnc(-c4cccc(C(F)(F)F)c4)n3)CC2)cc1. The van der Waals surface area contributed by atoms with Gasteiger partial charge in [-0.3, -0.25) is 4.79 Å². The molecule has 168 valence electrons. The Labute approximate surface area is 182 Å². The van der Waals surface area contributed by atoms with E-state index in [0.29, 0.717) is 26.2 Å². The Balaban J connectivity index is 1.35. The van der Waals surface area contributed by atoms with Gasteiger partial charge in [0.05, 0.1) is 12.7 Å². The van der Waals surface area contributed by atoms with Gasteiger partial charge < -0.3 is 14.5 Å². The summed E-state index contributed by atoms with van der Waals surface area (Å²) >= 11 is 0. The van der Waals surface area contributed by atoms with Gasteiger partial charge in [-0.25, -0.2) is 0 Å². The summed E-state index contributed by atoms with van der Waals surface area (Å²) in [5.74, 6) is 0.646. The monoisotopic (exact) mass is 446 g/mol. The molecular formula is C21H21F3N6O2. The number of methoxy groups -OCH3 is 1. The average molecular weight is 446 g/mol. The Morgan fingerprint density at radius 3 is 2.44 bits per heavy atom. The zero-order chi connectivity index (χ0) is 22.7. The second-order valence-corrected chi connectivity index (χ2v) is 7.29. The Morgan fingerprint density at radius 1 is 1.06 bits per heavy atom. The van der Waals surface area contributed by atoms with Crippen LogP contribution in [0.2, 0.25) is 0 Å². The molecule has 1 amide bonds. The average Bonchev–Trinajstić information content (AvgIpc) is 3.27. The van der Waals surface area contributed by atoms with Crippen LogP contribution < -0.4 is 9.64 Å². The fourth-order valence-corrected chi connectivity index (χ4v) is 3.49. The number of ether oxygens (including phenoxy) is 1. The highest BCUT2D eigenvalue weighted by Crippen LogP contribution is 2.31. The van der Waals surface area contributed by atoms with Gasteiger partial charge in [0.15, 0.2) is 0 Å². The third kappa shape index (κ3) is 4.82. The van der Waals surface area contributed by atoms with Gasteiger partial charge in [-0.1, -0.05) is 12.1 Å². The van der Waals surface area contributed by atoms with E-state index in [0.717, 1.165) is 28.4 Å². The molecule has 0 atom stereocenters. The van der Waals surface area contributed by atoms with Crippen molar-refractivity contribution in [3.8, 4) is 17.1 Å².